The Morgan fingerprint density at radius 3 is 2.91 bits per heavy atom. The second kappa shape index (κ2) is 4.66. The van der Waals surface area contributed by atoms with Crippen molar-refractivity contribution in [1.82, 2.24) is 0 Å². The van der Waals surface area contributed by atoms with Crippen LogP contribution in [0, 0.1) is 0 Å². The highest BCUT2D eigenvalue weighted by molar-refractivity contribution is 8.06. The van der Waals surface area contributed by atoms with Gasteiger partial charge in [-0.1, -0.05) is 0 Å². The minimum absolute atomic E-state index is 0.119. The molecule has 1 aliphatic heterocycles. The molecule has 0 radical (unpaired) electrons. The van der Waals surface area contributed by atoms with Gasteiger partial charge in [0.05, 0.1) is 0 Å². The first-order valence-corrected chi connectivity index (χ1v) is 5.38. The van der Waals surface area contributed by atoms with Gasteiger partial charge >= 0.3 is 5.97 Å². The summed E-state index contributed by atoms with van der Waals surface area (Å²) in [7, 11) is 0. The fourth-order valence-corrected chi connectivity index (χ4v) is 3.07. The van der Waals surface area contributed by atoms with E-state index in [1.807, 2.05) is 0 Å². The van der Waals surface area contributed by atoms with Crippen LogP contribution in [0.15, 0.2) is 0 Å². The summed E-state index contributed by atoms with van der Waals surface area (Å²) >= 11 is 3.33. The quantitative estimate of drug-likeness (QED) is 0.363. The molecule has 5 heteroatoms. The Kier molecular flexibility index (Phi) is 3.79. The minimum Gasteiger partial charge on any atom is -0.445 e. The minimum atomic E-state index is -0.759. The SMILES string of the molecule is O=CC(=O)OC1CSCCS1. The van der Waals surface area contributed by atoms with Crippen LogP contribution in [0.1, 0.15) is 0 Å². The molecule has 0 aromatic heterocycles. The summed E-state index contributed by atoms with van der Waals surface area (Å²) in [5.41, 5.74) is -0.119. The Balaban J connectivity index is 2.24. The molecule has 0 aromatic carbocycles. The van der Waals surface area contributed by atoms with Gasteiger partial charge < -0.3 is 4.74 Å². The van der Waals surface area contributed by atoms with Gasteiger partial charge in [-0.15, -0.1) is 11.8 Å². The molecule has 1 saturated heterocycles. The highest BCUT2D eigenvalue weighted by Crippen LogP contribution is 2.24. The van der Waals surface area contributed by atoms with E-state index in [0.717, 1.165) is 17.3 Å². The van der Waals surface area contributed by atoms with Crippen molar-refractivity contribution >= 4 is 35.8 Å². The molecule has 1 aliphatic rings. The van der Waals surface area contributed by atoms with E-state index in [1.165, 1.54) is 0 Å². The zero-order valence-corrected chi connectivity index (χ0v) is 7.45. The van der Waals surface area contributed by atoms with Gasteiger partial charge in [-0.25, -0.2) is 4.79 Å². The Morgan fingerprint density at radius 2 is 2.36 bits per heavy atom. The van der Waals surface area contributed by atoms with Crippen LogP contribution in [-0.4, -0.2) is 35.0 Å². The second-order valence-electron chi connectivity index (χ2n) is 1.93. The zero-order valence-electron chi connectivity index (χ0n) is 5.82. The highest BCUT2D eigenvalue weighted by Gasteiger charge is 2.17. The Labute approximate surface area is 73.2 Å². The second-order valence-corrected chi connectivity index (χ2v) is 4.35. The predicted molar refractivity (Wildman–Crippen MR) is 45.7 cm³/mol. The maximum atomic E-state index is 10.5. The molecule has 1 rings (SSSR count). The number of hydrogen-bond donors (Lipinski definition) is 0. The average molecular weight is 192 g/mol. The van der Waals surface area contributed by atoms with Crippen LogP contribution in [0.5, 0.6) is 0 Å². The van der Waals surface area contributed by atoms with Gasteiger partial charge in [0, 0.05) is 17.3 Å². The van der Waals surface area contributed by atoms with Crippen LogP contribution in [0.3, 0.4) is 0 Å². The number of hydrogen-bond acceptors (Lipinski definition) is 5. The molecule has 0 spiro atoms. The molecule has 1 heterocycles. The molecular weight excluding hydrogens is 184 g/mol. The lowest BCUT2D eigenvalue weighted by molar-refractivity contribution is -0.149. The molecule has 0 saturated carbocycles. The molecule has 3 nitrogen and oxygen atoms in total. The van der Waals surface area contributed by atoms with Crippen molar-refractivity contribution in [3.05, 3.63) is 0 Å². The predicted octanol–water partition coefficient (Wildman–Crippen LogP) is 0.535. The molecule has 0 N–H and O–H groups in total. The fraction of sp³-hybridized carbons (Fsp3) is 0.667. The van der Waals surface area contributed by atoms with E-state index in [2.05, 4.69) is 0 Å². The lowest BCUT2D eigenvalue weighted by Gasteiger charge is -2.19. The van der Waals surface area contributed by atoms with Crippen LogP contribution in [0.25, 0.3) is 0 Å². The third-order valence-corrected chi connectivity index (χ3v) is 3.70. The van der Waals surface area contributed by atoms with Crippen molar-refractivity contribution in [2.24, 2.45) is 0 Å². The Bertz CT molecular complexity index is 154. The first-order valence-electron chi connectivity index (χ1n) is 3.18. The van der Waals surface area contributed by atoms with E-state index in [1.54, 1.807) is 23.5 Å². The Hall–Kier alpha value is -0.160. The van der Waals surface area contributed by atoms with Crippen LogP contribution in [-0.2, 0) is 14.3 Å². The standard InChI is InChI=1S/C6H8O3S2/c7-3-5(8)9-6-4-10-1-2-11-6/h3,6H,1-2,4H2. The molecule has 1 unspecified atom stereocenters. The molecule has 0 aromatic rings. The number of carbonyl (C=O) groups excluding carboxylic acids is 2. The summed E-state index contributed by atoms with van der Waals surface area (Å²) in [4.78, 5) is 20.4. The molecule has 0 amide bonds. The van der Waals surface area contributed by atoms with Gasteiger partial charge in [-0.3, -0.25) is 4.79 Å². The zero-order chi connectivity index (χ0) is 8.10. The monoisotopic (exact) mass is 192 g/mol. The number of carbonyl (C=O) groups is 2. The molecule has 11 heavy (non-hydrogen) atoms. The topological polar surface area (TPSA) is 43.4 Å². The van der Waals surface area contributed by atoms with Crippen molar-refractivity contribution in [2.75, 3.05) is 17.3 Å². The van der Waals surface area contributed by atoms with Gasteiger partial charge in [0.1, 0.15) is 0 Å². The van der Waals surface area contributed by atoms with E-state index in [9.17, 15) is 9.59 Å². The van der Waals surface area contributed by atoms with Gasteiger partial charge in [-0.2, -0.15) is 11.8 Å². The number of esters is 1. The lowest BCUT2D eigenvalue weighted by atomic mass is 10.7. The van der Waals surface area contributed by atoms with Gasteiger partial charge in [0.2, 0.25) is 6.29 Å². The van der Waals surface area contributed by atoms with Crippen molar-refractivity contribution in [3.8, 4) is 0 Å². The third-order valence-electron chi connectivity index (χ3n) is 1.13. The van der Waals surface area contributed by atoms with Gasteiger partial charge in [0.15, 0.2) is 5.44 Å². The summed E-state index contributed by atoms with van der Waals surface area (Å²) < 4.78 is 4.78. The molecule has 1 atom stereocenters. The number of aldehydes is 1. The molecule has 1 fully saturated rings. The molecule has 0 aliphatic carbocycles. The largest absolute Gasteiger partial charge is 0.445 e. The number of thioether (sulfide) groups is 2. The number of ether oxygens (including phenoxy) is 1. The first kappa shape index (κ1) is 8.93. The summed E-state index contributed by atoms with van der Waals surface area (Å²) in [6.45, 7) is 0. The summed E-state index contributed by atoms with van der Waals surface area (Å²) in [5, 5.41) is 0. The smallest absolute Gasteiger partial charge is 0.372 e. The van der Waals surface area contributed by atoms with E-state index in [4.69, 9.17) is 4.74 Å². The van der Waals surface area contributed by atoms with E-state index >= 15 is 0 Å². The van der Waals surface area contributed by atoms with Crippen molar-refractivity contribution < 1.29 is 14.3 Å². The van der Waals surface area contributed by atoms with E-state index in [-0.39, 0.29) is 11.7 Å². The maximum absolute atomic E-state index is 10.5. The maximum Gasteiger partial charge on any atom is 0.372 e. The Morgan fingerprint density at radius 1 is 1.55 bits per heavy atom. The third kappa shape index (κ3) is 3.16. The van der Waals surface area contributed by atoms with Gasteiger partial charge in [0.25, 0.3) is 0 Å². The number of rotatable bonds is 2. The van der Waals surface area contributed by atoms with Crippen LogP contribution < -0.4 is 0 Å². The first-order chi connectivity index (χ1) is 5.33. The average Bonchev–Trinajstić information content (AvgIpc) is 2.06. The van der Waals surface area contributed by atoms with E-state index in [0.29, 0.717) is 0 Å². The normalized spacial score (nSPS) is 24.2. The molecular formula is C6H8O3S2. The molecule has 62 valence electrons. The van der Waals surface area contributed by atoms with Crippen LogP contribution in [0.2, 0.25) is 0 Å². The lowest BCUT2D eigenvalue weighted by Crippen LogP contribution is -2.21. The molecule has 0 bridgehead atoms. The van der Waals surface area contributed by atoms with Crippen LogP contribution in [0.4, 0.5) is 0 Å². The van der Waals surface area contributed by atoms with Crippen molar-refractivity contribution in [2.45, 2.75) is 5.44 Å². The van der Waals surface area contributed by atoms with Crippen LogP contribution >= 0.6 is 23.5 Å². The van der Waals surface area contributed by atoms with Gasteiger partial charge in [-0.05, 0) is 0 Å². The van der Waals surface area contributed by atoms with E-state index < -0.39 is 5.97 Å². The van der Waals surface area contributed by atoms with Crippen molar-refractivity contribution in [3.63, 3.8) is 0 Å². The van der Waals surface area contributed by atoms with Crippen molar-refractivity contribution in [1.29, 1.82) is 0 Å². The summed E-state index contributed by atoms with van der Waals surface area (Å²) in [6.07, 6.45) is 0.208. The highest BCUT2D eigenvalue weighted by atomic mass is 32.2. The fourth-order valence-electron chi connectivity index (χ4n) is 0.692. The summed E-state index contributed by atoms with van der Waals surface area (Å²) in [5.74, 6) is 2.12. The summed E-state index contributed by atoms with van der Waals surface area (Å²) in [6, 6.07) is 0.